The largest absolute Gasteiger partial charge is 0.496 e. The molecule has 18 heavy (non-hydrogen) atoms. The van der Waals surface area contributed by atoms with Gasteiger partial charge in [0.05, 0.1) is 12.7 Å². The number of halogens is 1. The highest BCUT2D eigenvalue weighted by molar-refractivity contribution is 6.33. The Morgan fingerprint density at radius 1 is 1.22 bits per heavy atom. The van der Waals surface area contributed by atoms with E-state index < -0.39 is 0 Å². The normalized spacial score (nSPS) is 10.6. The summed E-state index contributed by atoms with van der Waals surface area (Å²) in [6.07, 6.45) is 1.10. The van der Waals surface area contributed by atoms with Gasteiger partial charge in [-0.05, 0) is 50.4 Å². The van der Waals surface area contributed by atoms with Crippen LogP contribution in [0.25, 0.3) is 0 Å². The van der Waals surface area contributed by atoms with Crippen molar-refractivity contribution in [3.8, 4) is 5.75 Å². The summed E-state index contributed by atoms with van der Waals surface area (Å²) in [4.78, 5) is 12.2. The van der Waals surface area contributed by atoms with E-state index in [0.717, 1.165) is 16.7 Å². The molecule has 3 nitrogen and oxygen atoms in total. The van der Waals surface area contributed by atoms with E-state index in [1.807, 2.05) is 20.8 Å². The van der Waals surface area contributed by atoms with Crippen molar-refractivity contribution < 1.29 is 9.53 Å². The van der Waals surface area contributed by atoms with Crippen LogP contribution in [0, 0.1) is 20.8 Å². The lowest BCUT2D eigenvalue weighted by atomic mass is 9.94. The first kappa shape index (κ1) is 15.0. The van der Waals surface area contributed by atoms with Gasteiger partial charge in [0.25, 0.3) is 0 Å². The number of hydrogen-bond acceptors (Lipinski definition) is 3. The summed E-state index contributed by atoms with van der Waals surface area (Å²) in [5, 5.41) is 0.643. The molecular weight excluding hydrogens is 250 g/mol. The van der Waals surface area contributed by atoms with E-state index in [4.69, 9.17) is 22.1 Å². The summed E-state index contributed by atoms with van der Waals surface area (Å²) in [5.74, 6) is 0.677. The number of carbonyl (C=O) groups is 1. The predicted octanol–water partition coefficient (Wildman–Crippen LogP) is 3.20. The number of methoxy groups -OCH3 is 1. The molecule has 1 rings (SSSR count). The zero-order chi connectivity index (χ0) is 13.9. The van der Waals surface area contributed by atoms with Crippen LogP contribution in [0.5, 0.6) is 5.75 Å². The molecular formula is C14H20ClNO2. The topological polar surface area (TPSA) is 52.3 Å². The molecule has 4 heteroatoms. The number of benzene rings is 1. The predicted molar refractivity (Wildman–Crippen MR) is 74.8 cm³/mol. The van der Waals surface area contributed by atoms with Gasteiger partial charge in [0, 0.05) is 11.4 Å². The molecule has 0 fully saturated rings. The lowest BCUT2D eigenvalue weighted by Crippen LogP contribution is -2.10. The fourth-order valence-electron chi connectivity index (χ4n) is 2.06. The minimum absolute atomic E-state index is 0.0415. The highest BCUT2D eigenvalue weighted by atomic mass is 35.5. The van der Waals surface area contributed by atoms with E-state index in [0.29, 0.717) is 35.7 Å². The maximum atomic E-state index is 12.2. The Morgan fingerprint density at radius 2 is 1.83 bits per heavy atom. The Bertz CT molecular complexity index is 470. The zero-order valence-corrected chi connectivity index (χ0v) is 12.1. The minimum atomic E-state index is 0.0415. The third kappa shape index (κ3) is 2.68. The molecule has 1 aromatic rings. The quantitative estimate of drug-likeness (QED) is 0.835. The molecule has 100 valence electrons. The molecule has 0 radical (unpaired) electrons. The molecule has 0 aromatic heterocycles. The van der Waals surface area contributed by atoms with Gasteiger partial charge in [-0.2, -0.15) is 0 Å². The number of ketones is 1. The van der Waals surface area contributed by atoms with Crippen LogP contribution in [0.2, 0.25) is 5.02 Å². The Labute approximate surface area is 113 Å². The highest BCUT2D eigenvalue weighted by Gasteiger charge is 2.21. The van der Waals surface area contributed by atoms with Crippen molar-refractivity contribution >= 4 is 17.4 Å². The fraction of sp³-hybridized carbons (Fsp3) is 0.500. The van der Waals surface area contributed by atoms with Crippen LogP contribution in [-0.4, -0.2) is 19.4 Å². The Morgan fingerprint density at radius 3 is 2.33 bits per heavy atom. The summed E-state index contributed by atoms with van der Waals surface area (Å²) in [6, 6.07) is 0. The number of nitrogens with two attached hydrogens (primary N) is 1. The van der Waals surface area contributed by atoms with Gasteiger partial charge in [-0.3, -0.25) is 4.79 Å². The SMILES string of the molecule is COc1c(C)c(C)c(Cl)c(C)c1C(=O)CCCN. The number of hydrogen-bond donors (Lipinski definition) is 1. The monoisotopic (exact) mass is 269 g/mol. The van der Waals surface area contributed by atoms with Crippen molar-refractivity contribution in [3.05, 3.63) is 27.3 Å². The Balaban J connectivity index is 3.37. The van der Waals surface area contributed by atoms with Crippen LogP contribution in [0.1, 0.15) is 39.9 Å². The molecule has 0 unspecified atom stereocenters. The lowest BCUT2D eigenvalue weighted by Gasteiger charge is -2.17. The van der Waals surface area contributed by atoms with Gasteiger partial charge < -0.3 is 10.5 Å². The van der Waals surface area contributed by atoms with Crippen molar-refractivity contribution in [2.75, 3.05) is 13.7 Å². The smallest absolute Gasteiger partial charge is 0.166 e. The van der Waals surface area contributed by atoms with Gasteiger partial charge >= 0.3 is 0 Å². The highest BCUT2D eigenvalue weighted by Crippen LogP contribution is 2.36. The first-order valence-electron chi connectivity index (χ1n) is 6.02. The standard InChI is InChI=1S/C14H20ClNO2/c1-8-9(2)14(18-4)12(10(3)13(8)15)11(17)6-5-7-16/h5-7,16H2,1-4H3. The molecule has 2 N–H and O–H groups in total. The van der Waals surface area contributed by atoms with Gasteiger partial charge in [0.2, 0.25) is 0 Å². The second-order valence-electron chi connectivity index (χ2n) is 4.41. The van der Waals surface area contributed by atoms with Gasteiger partial charge in [-0.25, -0.2) is 0 Å². The number of carbonyl (C=O) groups excluding carboxylic acids is 1. The second-order valence-corrected chi connectivity index (χ2v) is 4.79. The van der Waals surface area contributed by atoms with Crippen LogP contribution in [0.3, 0.4) is 0 Å². The molecule has 0 heterocycles. The third-order valence-corrected chi connectivity index (χ3v) is 3.82. The van der Waals surface area contributed by atoms with Crippen molar-refractivity contribution in [3.63, 3.8) is 0 Å². The molecule has 0 amide bonds. The van der Waals surface area contributed by atoms with Crippen LogP contribution in [0.4, 0.5) is 0 Å². The molecule has 0 aliphatic rings. The second kappa shape index (κ2) is 6.21. The number of Topliss-reactive ketones (excluding diaryl/α,β-unsaturated/α-hetero) is 1. The van der Waals surface area contributed by atoms with Crippen LogP contribution in [0.15, 0.2) is 0 Å². The van der Waals surface area contributed by atoms with E-state index in [1.165, 1.54) is 0 Å². The van der Waals surface area contributed by atoms with Crippen molar-refractivity contribution in [2.45, 2.75) is 33.6 Å². The Kier molecular flexibility index (Phi) is 5.17. The average Bonchev–Trinajstić information content (AvgIpc) is 2.37. The molecule has 0 atom stereocenters. The van der Waals surface area contributed by atoms with Crippen LogP contribution < -0.4 is 10.5 Å². The molecule has 0 aliphatic heterocycles. The number of rotatable bonds is 5. The van der Waals surface area contributed by atoms with Crippen molar-refractivity contribution in [1.29, 1.82) is 0 Å². The molecule has 0 spiro atoms. The van der Waals surface area contributed by atoms with Gasteiger partial charge in [-0.1, -0.05) is 11.6 Å². The summed E-state index contributed by atoms with van der Waals surface area (Å²) in [7, 11) is 1.58. The van der Waals surface area contributed by atoms with E-state index in [1.54, 1.807) is 7.11 Å². The minimum Gasteiger partial charge on any atom is -0.496 e. The average molecular weight is 270 g/mol. The zero-order valence-electron chi connectivity index (χ0n) is 11.4. The van der Waals surface area contributed by atoms with Gasteiger partial charge in [0.15, 0.2) is 5.78 Å². The first-order chi connectivity index (χ1) is 8.45. The van der Waals surface area contributed by atoms with Gasteiger partial charge in [-0.15, -0.1) is 0 Å². The Hall–Kier alpha value is -1.06. The molecule has 0 saturated heterocycles. The van der Waals surface area contributed by atoms with E-state index in [9.17, 15) is 4.79 Å². The van der Waals surface area contributed by atoms with E-state index in [2.05, 4.69) is 0 Å². The summed E-state index contributed by atoms with van der Waals surface area (Å²) in [6.45, 7) is 6.21. The van der Waals surface area contributed by atoms with Crippen LogP contribution in [-0.2, 0) is 0 Å². The summed E-state index contributed by atoms with van der Waals surface area (Å²) in [5.41, 5.74) is 8.70. The molecule has 0 saturated carbocycles. The van der Waals surface area contributed by atoms with Crippen molar-refractivity contribution in [1.82, 2.24) is 0 Å². The third-order valence-electron chi connectivity index (χ3n) is 3.25. The van der Waals surface area contributed by atoms with Crippen LogP contribution >= 0.6 is 11.6 Å². The molecule has 1 aromatic carbocycles. The summed E-state index contributed by atoms with van der Waals surface area (Å²) < 4.78 is 5.38. The van der Waals surface area contributed by atoms with Gasteiger partial charge in [0.1, 0.15) is 5.75 Å². The fourth-order valence-corrected chi connectivity index (χ4v) is 2.30. The number of ether oxygens (including phenoxy) is 1. The first-order valence-corrected chi connectivity index (χ1v) is 6.40. The lowest BCUT2D eigenvalue weighted by molar-refractivity contribution is 0.0977. The summed E-state index contributed by atoms with van der Waals surface area (Å²) >= 11 is 6.26. The molecule has 0 aliphatic carbocycles. The maximum Gasteiger partial charge on any atom is 0.166 e. The van der Waals surface area contributed by atoms with E-state index >= 15 is 0 Å². The molecule has 0 bridgehead atoms. The van der Waals surface area contributed by atoms with E-state index in [-0.39, 0.29) is 5.78 Å². The van der Waals surface area contributed by atoms with Crippen molar-refractivity contribution in [2.24, 2.45) is 5.73 Å². The maximum absolute atomic E-state index is 12.2.